The number of benzene rings is 2. The fourth-order valence-corrected chi connectivity index (χ4v) is 1.78. The van der Waals surface area contributed by atoms with E-state index < -0.39 is 10.1 Å². The molecule has 0 saturated heterocycles. The normalized spacial score (nSPS) is 10.4. The van der Waals surface area contributed by atoms with Crippen LogP contribution in [0.5, 0.6) is 0 Å². The highest BCUT2D eigenvalue weighted by atomic mass is 35.5. The molecular formula is C12H10Cl2O3S. The van der Waals surface area contributed by atoms with Crippen molar-refractivity contribution in [3.63, 3.8) is 0 Å². The molecule has 0 fully saturated rings. The quantitative estimate of drug-likeness (QED) is 0.812. The van der Waals surface area contributed by atoms with Gasteiger partial charge in [0.25, 0.3) is 10.1 Å². The van der Waals surface area contributed by atoms with Gasteiger partial charge >= 0.3 is 0 Å². The molecule has 18 heavy (non-hydrogen) atoms. The van der Waals surface area contributed by atoms with Crippen LogP contribution in [0.4, 0.5) is 0 Å². The Labute approximate surface area is 116 Å². The molecule has 1 N–H and O–H groups in total. The Morgan fingerprint density at radius 1 is 0.778 bits per heavy atom. The molecule has 0 saturated carbocycles. The summed E-state index contributed by atoms with van der Waals surface area (Å²) in [5.74, 6) is 0. The van der Waals surface area contributed by atoms with Gasteiger partial charge in [0.15, 0.2) is 0 Å². The van der Waals surface area contributed by atoms with E-state index in [-0.39, 0.29) is 4.90 Å². The minimum atomic E-state index is -4.00. The maximum Gasteiger partial charge on any atom is 0.294 e. The summed E-state index contributed by atoms with van der Waals surface area (Å²) in [5.41, 5.74) is 0. The molecule has 6 heteroatoms. The van der Waals surface area contributed by atoms with Gasteiger partial charge in [0, 0.05) is 10.0 Å². The predicted molar refractivity (Wildman–Crippen MR) is 72.7 cm³/mol. The monoisotopic (exact) mass is 304 g/mol. The summed E-state index contributed by atoms with van der Waals surface area (Å²) in [6.45, 7) is 0. The van der Waals surface area contributed by atoms with Crippen molar-refractivity contribution in [2.24, 2.45) is 0 Å². The van der Waals surface area contributed by atoms with Gasteiger partial charge in [-0.25, -0.2) is 0 Å². The van der Waals surface area contributed by atoms with Gasteiger partial charge in [0.2, 0.25) is 0 Å². The van der Waals surface area contributed by atoms with Crippen LogP contribution in [-0.4, -0.2) is 13.0 Å². The lowest BCUT2D eigenvalue weighted by Crippen LogP contribution is -1.96. The molecule has 2 rings (SSSR count). The maximum atomic E-state index is 10.4. The van der Waals surface area contributed by atoms with Gasteiger partial charge in [-0.15, -0.1) is 0 Å². The number of hydrogen-bond acceptors (Lipinski definition) is 2. The van der Waals surface area contributed by atoms with Gasteiger partial charge in [-0.2, -0.15) is 8.42 Å². The molecule has 0 bridgehead atoms. The molecule has 0 amide bonds. The first-order valence-corrected chi connectivity index (χ1v) is 7.03. The zero-order chi connectivity index (χ0) is 13.6. The van der Waals surface area contributed by atoms with Crippen LogP contribution in [-0.2, 0) is 10.1 Å². The van der Waals surface area contributed by atoms with Crippen molar-refractivity contribution in [1.82, 2.24) is 0 Å². The van der Waals surface area contributed by atoms with Crippen molar-refractivity contribution in [3.8, 4) is 0 Å². The van der Waals surface area contributed by atoms with Crippen LogP contribution in [0.1, 0.15) is 0 Å². The zero-order valence-corrected chi connectivity index (χ0v) is 11.5. The van der Waals surface area contributed by atoms with Gasteiger partial charge < -0.3 is 0 Å². The molecule has 0 aliphatic carbocycles. The van der Waals surface area contributed by atoms with Gasteiger partial charge in [0.05, 0.1) is 4.90 Å². The Kier molecular flexibility index (Phi) is 5.62. The molecule has 0 aliphatic heterocycles. The van der Waals surface area contributed by atoms with E-state index in [1.807, 2.05) is 0 Å². The number of halogens is 2. The lowest BCUT2D eigenvalue weighted by atomic mass is 10.4. The predicted octanol–water partition coefficient (Wildman–Crippen LogP) is 3.93. The fourth-order valence-electron chi connectivity index (χ4n) is 1.02. The van der Waals surface area contributed by atoms with E-state index in [1.54, 1.807) is 42.5 Å². The average molecular weight is 305 g/mol. The van der Waals surface area contributed by atoms with E-state index in [0.717, 1.165) is 10.0 Å². The van der Waals surface area contributed by atoms with Gasteiger partial charge in [0.1, 0.15) is 0 Å². The van der Waals surface area contributed by atoms with Crippen LogP contribution in [0.3, 0.4) is 0 Å². The molecule has 0 aromatic heterocycles. The van der Waals surface area contributed by atoms with E-state index in [1.165, 1.54) is 12.1 Å². The highest BCUT2D eigenvalue weighted by Crippen LogP contribution is 2.12. The van der Waals surface area contributed by atoms with Crippen molar-refractivity contribution in [3.05, 3.63) is 64.6 Å². The zero-order valence-electron chi connectivity index (χ0n) is 9.12. The van der Waals surface area contributed by atoms with E-state index in [0.29, 0.717) is 0 Å². The number of rotatable bonds is 1. The molecule has 96 valence electrons. The fraction of sp³-hybridized carbons (Fsp3) is 0. The van der Waals surface area contributed by atoms with Crippen molar-refractivity contribution in [2.75, 3.05) is 0 Å². The van der Waals surface area contributed by atoms with Crippen molar-refractivity contribution in [2.45, 2.75) is 4.90 Å². The van der Waals surface area contributed by atoms with E-state index in [9.17, 15) is 8.42 Å². The molecule has 0 unspecified atom stereocenters. The average Bonchev–Trinajstić information content (AvgIpc) is 2.34. The Hall–Kier alpha value is -1.07. The summed E-state index contributed by atoms with van der Waals surface area (Å²) in [6, 6.07) is 14.4. The summed E-state index contributed by atoms with van der Waals surface area (Å²) in [5, 5.41) is 1.43. The Bertz CT molecular complexity index is 559. The first kappa shape index (κ1) is 15.0. The van der Waals surface area contributed by atoms with Crippen LogP contribution in [0, 0.1) is 0 Å². The smallest absolute Gasteiger partial charge is 0.282 e. The van der Waals surface area contributed by atoms with E-state index in [4.69, 9.17) is 27.8 Å². The first-order valence-electron chi connectivity index (χ1n) is 4.83. The summed E-state index contributed by atoms with van der Waals surface area (Å²) in [4.78, 5) is -0.0741. The molecule has 0 heterocycles. The summed E-state index contributed by atoms with van der Waals surface area (Å²) in [6.07, 6.45) is 0. The summed E-state index contributed by atoms with van der Waals surface area (Å²) >= 11 is 11.1. The van der Waals surface area contributed by atoms with Gasteiger partial charge in [-0.3, -0.25) is 4.55 Å². The van der Waals surface area contributed by atoms with Crippen LogP contribution < -0.4 is 0 Å². The van der Waals surface area contributed by atoms with E-state index in [2.05, 4.69) is 0 Å². The van der Waals surface area contributed by atoms with Crippen molar-refractivity contribution >= 4 is 33.3 Å². The second-order valence-corrected chi connectivity index (χ2v) is 5.52. The molecule has 0 spiro atoms. The molecule has 2 aromatic rings. The second kappa shape index (κ2) is 6.75. The lowest BCUT2D eigenvalue weighted by Gasteiger charge is -1.92. The third-order valence-electron chi connectivity index (χ3n) is 1.84. The Morgan fingerprint density at radius 3 is 1.44 bits per heavy atom. The standard InChI is InChI=1S/C6H4Cl2.C6H6O3S/c7-5-1-2-6(8)4-3-5;7-10(8,9)6-4-2-1-3-5-6/h1-4H;1-5H,(H,7,8,9). The molecule has 2 aromatic carbocycles. The molecule has 0 radical (unpaired) electrons. The molecular weight excluding hydrogens is 295 g/mol. The Morgan fingerprint density at radius 2 is 1.17 bits per heavy atom. The highest BCUT2D eigenvalue weighted by Gasteiger charge is 2.05. The molecule has 0 aliphatic rings. The molecule has 0 atom stereocenters. The summed E-state index contributed by atoms with van der Waals surface area (Å²) in [7, 11) is -4.00. The summed E-state index contributed by atoms with van der Waals surface area (Å²) < 4.78 is 29.2. The maximum absolute atomic E-state index is 10.4. The van der Waals surface area contributed by atoms with Crippen LogP contribution in [0.15, 0.2) is 59.5 Å². The van der Waals surface area contributed by atoms with Crippen LogP contribution in [0.2, 0.25) is 10.0 Å². The minimum absolute atomic E-state index is 0.0741. The van der Waals surface area contributed by atoms with Gasteiger partial charge in [-0.05, 0) is 36.4 Å². The highest BCUT2D eigenvalue weighted by molar-refractivity contribution is 7.85. The van der Waals surface area contributed by atoms with Crippen molar-refractivity contribution in [1.29, 1.82) is 0 Å². The third kappa shape index (κ3) is 5.51. The number of hydrogen-bond donors (Lipinski definition) is 1. The van der Waals surface area contributed by atoms with Crippen LogP contribution in [0.25, 0.3) is 0 Å². The Balaban J connectivity index is 0.000000184. The largest absolute Gasteiger partial charge is 0.294 e. The SMILES string of the molecule is Clc1ccc(Cl)cc1.O=S(=O)(O)c1ccccc1. The minimum Gasteiger partial charge on any atom is -0.282 e. The molecule has 3 nitrogen and oxygen atoms in total. The lowest BCUT2D eigenvalue weighted by molar-refractivity contribution is 0.483. The van der Waals surface area contributed by atoms with Gasteiger partial charge in [-0.1, -0.05) is 41.4 Å². The van der Waals surface area contributed by atoms with Crippen molar-refractivity contribution < 1.29 is 13.0 Å². The topological polar surface area (TPSA) is 54.4 Å². The third-order valence-corrected chi connectivity index (χ3v) is 3.22. The van der Waals surface area contributed by atoms with Crippen LogP contribution >= 0.6 is 23.2 Å². The van der Waals surface area contributed by atoms with E-state index >= 15 is 0 Å². The second-order valence-electron chi connectivity index (χ2n) is 3.22. The first-order chi connectivity index (χ1) is 8.39.